The van der Waals surface area contributed by atoms with Gasteiger partial charge in [0.25, 0.3) is 0 Å². The van der Waals surface area contributed by atoms with Crippen LogP contribution in [0.25, 0.3) is 0 Å². The summed E-state index contributed by atoms with van der Waals surface area (Å²) in [5, 5.41) is 0. The molecule has 1 atom stereocenters. The molecule has 0 aromatic heterocycles. The Labute approximate surface area is 64.3 Å². The molecule has 0 spiro atoms. The van der Waals surface area contributed by atoms with Crippen molar-refractivity contribution >= 4 is 0 Å². The zero-order valence-electron chi connectivity index (χ0n) is 7.35. The van der Waals surface area contributed by atoms with Gasteiger partial charge in [0.2, 0.25) is 0 Å². The van der Waals surface area contributed by atoms with Gasteiger partial charge in [-0.15, -0.1) is 0 Å². The van der Waals surface area contributed by atoms with Gasteiger partial charge in [0.05, 0.1) is 0 Å². The highest BCUT2D eigenvalue weighted by Crippen LogP contribution is 2.37. The van der Waals surface area contributed by atoms with Gasteiger partial charge in [0.1, 0.15) is 0 Å². The number of hydrogen-bond donors (Lipinski definition) is 0. The standard InChI is InChI=1S/C10H18/c1-9(2)10(3)7-5-4-6-8-10/h5,7,9H,4,6,8H2,1-3H3/t10-/m1/s1. The largest absolute Gasteiger partial charge is 0.0880 e. The van der Waals surface area contributed by atoms with Gasteiger partial charge in [-0.3, -0.25) is 0 Å². The van der Waals surface area contributed by atoms with Crippen molar-refractivity contribution in [1.82, 2.24) is 0 Å². The van der Waals surface area contributed by atoms with Gasteiger partial charge in [0, 0.05) is 0 Å². The molecule has 0 N–H and O–H groups in total. The van der Waals surface area contributed by atoms with Crippen molar-refractivity contribution in [3.8, 4) is 0 Å². The van der Waals surface area contributed by atoms with Crippen LogP contribution in [-0.4, -0.2) is 0 Å². The lowest BCUT2D eigenvalue weighted by Crippen LogP contribution is -2.22. The smallest absolute Gasteiger partial charge is 0.0123 e. The number of rotatable bonds is 1. The fourth-order valence-corrected chi connectivity index (χ4v) is 1.52. The summed E-state index contributed by atoms with van der Waals surface area (Å²) >= 11 is 0. The van der Waals surface area contributed by atoms with Crippen LogP contribution in [0.4, 0.5) is 0 Å². The van der Waals surface area contributed by atoms with Crippen LogP contribution in [0.1, 0.15) is 40.0 Å². The van der Waals surface area contributed by atoms with Crippen molar-refractivity contribution in [2.75, 3.05) is 0 Å². The summed E-state index contributed by atoms with van der Waals surface area (Å²) in [6.45, 7) is 7.00. The maximum Gasteiger partial charge on any atom is -0.0123 e. The molecule has 0 heteroatoms. The molecule has 0 saturated carbocycles. The Kier molecular flexibility index (Phi) is 2.18. The third-order valence-electron chi connectivity index (χ3n) is 2.90. The average molecular weight is 138 g/mol. The summed E-state index contributed by atoms with van der Waals surface area (Å²) in [4.78, 5) is 0. The number of allylic oxidation sites excluding steroid dienone is 2. The summed E-state index contributed by atoms with van der Waals surface area (Å²) in [6, 6.07) is 0. The molecule has 58 valence electrons. The van der Waals surface area contributed by atoms with Crippen molar-refractivity contribution in [3.05, 3.63) is 12.2 Å². The van der Waals surface area contributed by atoms with Gasteiger partial charge in [-0.05, 0) is 30.6 Å². The van der Waals surface area contributed by atoms with E-state index in [1.54, 1.807) is 0 Å². The van der Waals surface area contributed by atoms with Crippen LogP contribution in [0, 0.1) is 11.3 Å². The first-order chi connectivity index (χ1) is 4.65. The van der Waals surface area contributed by atoms with Gasteiger partial charge in [-0.25, -0.2) is 0 Å². The maximum absolute atomic E-state index is 2.40. The van der Waals surface area contributed by atoms with Gasteiger partial charge in [-0.2, -0.15) is 0 Å². The third-order valence-corrected chi connectivity index (χ3v) is 2.90. The molecule has 0 bridgehead atoms. The van der Waals surface area contributed by atoms with Gasteiger partial charge < -0.3 is 0 Å². The van der Waals surface area contributed by atoms with Gasteiger partial charge in [-0.1, -0.05) is 32.9 Å². The van der Waals surface area contributed by atoms with E-state index in [0.717, 1.165) is 5.92 Å². The van der Waals surface area contributed by atoms with E-state index >= 15 is 0 Å². The van der Waals surface area contributed by atoms with E-state index in [0.29, 0.717) is 5.41 Å². The van der Waals surface area contributed by atoms with Crippen LogP contribution < -0.4 is 0 Å². The molecule has 10 heavy (non-hydrogen) atoms. The second kappa shape index (κ2) is 2.77. The monoisotopic (exact) mass is 138 g/mol. The first-order valence-corrected chi connectivity index (χ1v) is 4.33. The quantitative estimate of drug-likeness (QED) is 0.487. The second-order valence-electron chi connectivity index (χ2n) is 3.96. The Morgan fingerprint density at radius 3 is 2.40 bits per heavy atom. The average Bonchev–Trinajstić information content (AvgIpc) is 1.89. The van der Waals surface area contributed by atoms with Crippen LogP contribution in [-0.2, 0) is 0 Å². The summed E-state index contributed by atoms with van der Waals surface area (Å²) < 4.78 is 0. The Morgan fingerprint density at radius 2 is 2.10 bits per heavy atom. The Bertz CT molecular complexity index is 133. The topological polar surface area (TPSA) is 0 Å². The molecular weight excluding hydrogens is 120 g/mol. The molecule has 1 aliphatic rings. The molecule has 0 amide bonds. The van der Waals surface area contributed by atoms with Crippen LogP contribution in [0.15, 0.2) is 12.2 Å². The SMILES string of the molecule is CC(C)[C@]1(C)C=CCCC1. The number of hydrogen-bond acceptors (Lipinski definition) is 0. The van der Waals surface area contributed by atoms with Crippen LogP contribution in [0.2, 0.25) is 0 Å². The fourth-order valence-electron chi connectivity index (χ4n) is 1.52. The minimum atomic E-state index is 0.498. The molecule has 0 aliphatic heterocycles. The first-order valence-electron chi connectivity index (χ1n) is 4.33. The van der Waals surface area contributed by atoms with E-state index in [9.17, 15) is 0 Å². The highest BCUT2D eigenvalue weighted by molar-refractivity contribution is 5.02. The summed E-state index contributed by atoms with van der Waals surface area (Å²) in [5.41, 5.74) is 0.498. The molecular formula is C10H18. The fraction of sp³-hybridized carbons (Fsp3) is 0.800. The molecule has 0 heterocycles. The Morgan fingerprint density at radius 1 is 1.40 bits per heavy atom. The highest BCUT2D eigenvalue weighted by Gasteiger charge is 2.25. The van der Waals surface area contributed by atoms with Crippen molar-refractivity contribution in [1.29, 1.82) is 0 Å². The van der Waals surface area contributed by atoms with Crippen molar-refractivity contribution < 1.29 is 0 Å². The molecule has 1 aliphatic carbocycles. The molecule has 0 nitrogen and oxygen atoms in total. The molecule has 0 saturated heterocycles. The lowest BCUT2D eigenvalue weighted by atomic mass is 9.73. The van der Waals surface area contributed by atoms with Crippen LogP contribution in [0.3, 0.4) is 0 Å². The molecule has 0 aromatic carbocycles. The zero-order chi connectivity index (χ0) is 7.61. The lowest BCUT2D eigenvalue weighted by molar-refractivity contribution is 0.259. The predicted octanol–water partition coefficient (Wildman–Crippen LogP) is 3.39. The molecule has 0 aromatic rings. The van der Waals surface area contributed by atoms with Gasteiger partial charge in [0.15, 0.2) is 0 Å². The first kappa shape index (κ1) is 7.84. The maximum atomic E-state index is 2.40. The van der Waals surface area contributed by atoms with Crippen LogP contribution >= 0.6 is 0 Å². The van der Waals surface area contributed by atoms with Crippen LogP contribution in [0.5, 0.6) is 0 Å². The lowest BCUT2D eigenvalue weighted by Gasteiger charge is -2.32. The Hall–Kier alpha value is -0.260. The van der Waals surface area contributed by atoms with Crippen molar-refractivity contribution in [2.45, 2.75) is 40.0 Å². The summed E-state index contributed by atoms with van der Waals surface area (Å²) in [7, 11) is 0. The van der Waals surface area contributed by atoms with Crippen molar-refractivity contribution in [2.24, 2.45) is 11.3 Å². The Balaban J connectivity index is 2.65. The molecule has 0 fully saturated rings. The molecule has 1 rings (SSSR count). The van der Waals surface area contributed by atoms with Crippen molar-refractivity contribution in [3.63, 3.8) is 0 Å². The summed E-state index contributed by atoms with van der Waals surface area (Å²) in [5.74, 6) is 0.795. The minimum Gasteiger partial charge on any atom is -0.0880 e. The summed E-state index contributed by atoms with van der Waals surface area (Å²) in [6.07, 6.45) is 8.79. The van der Waals surface area contributed by atoms with E-state index in [-0.39, 0.29) is 0 Å². The minimum absolute atomic E-state index is 0.498. The van der Waals surface area contributed by atoms with E-state index in [1.807, 2.05) is 0 Å². The molecule has 0 unspecified atom stereocenters. The normalized spacial score (nSPS) is 33.2. The third kappa shape index (κ3) is 1.42. The van der Waals surface area contributed by atoms with E-state index < -0.39 is 0 Å². The highest BCUT2D eigenvalue weighted by atomic mass is 14.3. The zero-order valence-corrected chi connectivity index (χ0v) is 7.35. The van der Waals surface area contributed by atoms with Gasteiger partial charge >= 0.3 is 0 Å². The molecule has 0 radical (unpaired) electrons. The van der Waals surface area contributed by atoms with E-state index in [1.165, 1.54) is 19.3 Å². The van der Waals surface area contributed by atoms with E-state index in [2.05, 4.69) is 32.9 Å². The predicted molar refractivity (Wildman–Crippen MR) is 45.9 cm³/mol. The van der Waals surface area contributed by atoms with E-state index in [4.69, 9.17) is 0 Å². The second-order valence-corrected chi connectivity index (χ2v) is 3.96.